The monoisotopic (exact) mass is 522 g/mol. The van der Waals surface area contributed by atoms with Crippen molar-refractivity contribution in [3.8, 4) is 0 Å². The third-order valence-electron chi connectivity index (χ3n) is 5.15. The van der Waals surface area contributed by atoms with Crippen molar-refractivity contribution in [2.45, 2.75) is 78.7 Å². The van der Waals surface area contributed by atoms with Crippen LogP contribution in [0.1, 0.15) is 72.6 Å². The van der Waals surface area contributed by atoms with Crippen LogP contribution in [0.15, 0.2) is 0 Å². The van der Waals surface area contributed by atoms with E-state index in [9.17, 15) is 14.4 Å². The lowest BCUT2D eigenvalue weighted by Crippen LogP contribution is -2.39. The Hall–Kier alpha value is -1.36. The highest BCUT2D eigenvalue weighted by molar-refractivity contribution is 7.99. The van der Waals surface area contributed by atoms with Gasteiger partial charge in [0.05, 0.1) is 37.8 Å². The van der Waals surface area contributed by atoms with Gasteiger partial charge < -0.3 is 28.8 Å². The maximum absolute atomic E-state index is 12.3. The molecule has 0 rings (SSSR count). The Labute approximate surface area is 214 Å². The summed E-state index contributed by atoms with van der Waals surface area (Å²) in [4.78, 5) is 36.0. The average molecular weight is 523 g/mol. The molecule has 0 saturated carbocycles. The molecule has 0 saturated heterocycles. The van der Waals surface area contributed by atoms with Gasteiger partial charge in [-0.05, 0) is 38.4 Å². The summed E-state index contributed by atoms with van der Waals surface area (Å²) in [6, 6.07) is 0. The predicted molar refractivity (Wildman–Crippen MR) is 135 cm³/mol. The smallest absolute Gasteiger partial charge is 0.306 e. The second-order valence-electron chi connectivity index (χ2n) is 8.53. The summed E-state index contributed by atoms with van der Waals surface area (Å²) in [6.45, 7) is 9.07. The van der Waals surface area contributed by atoms with Crippen LogP contribution < -0.4 is 0 Å². The summed E-state index contributed by atoms with van der Waals surface area (Å²) in [5.41, 5.74) is -0.759. The van der Waals surface area contributed by atoms with Gasteiger partial charge in [-0.15, -0.1) is 0 Å². The van der Waals surface area contributed by atoms with Crippen molar-refractivity contribution in [1.82, 2.24) is 0 Å². The summed E-state index contributed by atoms with van der Waals surface area (Å²) >= 11 is 1.65. The predicted octanol–water partition coefficient (Wildman–Crippen LogP) is 3.54. The maximum Gasteiger partial charge on any atom is 0.306 e. The lowest BCUT2D eigenvalue weighted by Gasteiger charge is -2.31. The fourth-order valence-electron chi connectivity index (χ4n) is 2.83. The summed E-state index contributed by atoms with van der Waals surface area (Å²) in [5.74, 6) is 0.526. The molecular weight excluding hydrogens is 476 g/mol. The van der Waals surface area contributed by atoms with Crippen LogP contribution in [0.25, 0.3) is 0 Å². The summed E-state index contributed by atoms with van der Waals surface area (Å²) < 4.78 is 27.1. The first kappa shape index (κ1) is 33.6. The molecule has 0 bridgehead atoms. The lowest BCUT2D eigenvalue weighted by molar-refractivity contribution is -0.162. The average Bonchev–Trinajstić information content (AvgIpc) is 2.84. The van der Waals surface area contributed by atoms with Gasteiger partial charge in [0.1, 0.15) is 19.8 Å². The molecule has 206 valence electrons. The molecule has 0 amide bonds. The first-order chi connectivity index (χ1) is 16.8. The molecule has 0 aliphatic carbocycles. The molecule has 1 N–H and O–H groups in total. The second kappa shape index (κ2) is 21.9. The Kier molecular flexibility index (Phi) is 21.0. The van der Waals surface area contributed by atoms with Crippen LogP contribution in [0.4, 0.5) is 0 Å². The Morgan fingerprint density at radius 3 is 1.86 bits per heavy atom. The number of thioether (sulfide) groups is 1. The number of carbonyl (C=O) groups is 3. The van der Waals surface area contributed by atoms with E-state index in [-0.39, 0.29) is 56.9 Å². The van der Waals surface area contributed by atoms with Crippen molar-refractivity contribution < 1.29 is 43.2 Å². The van der Waals surface area contributed by atoms with Crippen molar-refractivity contribution in [3.63, 3.8) is 0 Å². The number of hydrogen-bond acceptors (Lipinski definition) is 10. The van der Waals surface area contributed by atoms with Crippen molar-refractivity contribution in [2.75, 3.05) is 57.8 Å². The zero-order valence-electron chi connectivity index (χ0n) is 22.0. The quantitative estimate of drug-likeness (QED) is 0.121. The molecule has 0 aromatic heterocycles. The normalized spacial score (nSPS) is 12.3. The SMILES string of the molecule is CCCC(=O)OCC(CC)(COC(=O)CCC)COC(=O)CCSCCCOCC(C)OCCO. The van der Waals surface area contributed by atoms with Crippen LogP contribution in [0.2, 0.25) is 0 Å². The van der Waals surface area contributed by atoms with E-state index in [1.165, 1.54) is 0 Å². The van der Waals surface area contributed by atoms with Crippen molar-refractivity contribution in [2.24, 2.45) is 5.41 Å². The highest BCUT2D eigenvalue weighted by atomic mass is 32.2. The largest absolute Gasteiger partial charge is 0.465 e. The van der Waals surface area contributed by atoms with Gasteiger partial charge in [0.2, 0.25) is 0 Å². The third-order valence-corrected chi connectivity index (χ3v) is 6.22. The number of esters is 3. The molecule has 9 nitrogen and oxygen atoms in total. The van der Waals surface area contributed by atoms with Gasteiger partial charge in [-0.3, -0.25) is 14.4 Å². The van der Waals surface area contributed by atoms with Crippen molar-refractivity contribution >= 4 is 29.7 Å². The summed E-state index contributed by atoms with van der Waals surface area (Å²) in [7, 11) is 0. The molecule has 0 aromatic rings. The Bertz CT molecular complexity index is 549. The zero-order valence-corrected chi connectivity index (χ0v) is 22.8. The van der Waals surface area contributed by atoms with Crippen LogP contribution in [0, 0.1) is 5.41 Å². The van der Waals surface area contributed by atoms with Gasteiger partial charge in [0.15, 0.2) is 0 Å². The molecule has 1 unspecified atom stereocenters. The maximum atomic E-state index is 12.3. The van der Waals surface area contributed by atoms with E-state index in [4.69, 9.17) is 28.8 Å². The van der Waals surface area contributed by atoms with Gasteiger partial charge in [-0.2, -0.15) is 11.8 Å². The van der Waals surface area contributed by atoms with Gasteiger partial charge in [0.25, 0.3) is 0 Å². The summed E-state index contributed by atoms with van der Waals surface area (Å²) in [6.07, 6.45) is 3.59. The Morgan fingerprint density at radius 2 is 1.37 bits per heavy atom. The van der Waals surface area contributed by atoms with Gasteiger partial charge in [-0.1, -0.05) is 20.8 Å². The third kappa shape index (κ3) is 18.6. The standard InChI is InChI=1S/C25H46O9S/c1-5-9-22(27)32-18-25(7-3,19-33-23(28)10-6-2)20-34-24(29)11-16-35-15-8-13-30-17-21(4)31-14-12-26/h21,26H,5-20H2,1-4H3. The number of aliphatic hydroxyl groups excluding tert-OH is 1. The van der Waals surface area contributed by atoms with Crippen LogP contribution in [0.5, 0.6) is 0 Å². The van der Waals surface area contributed by atoms with Gasteiger partial charge >= 0.3 is 17.9 Å². The minimum atomic E-state index is -0.759. The van der Waals surface area contributed by atoms with Crippen LogP contribution in [-0.4, -0.2) is 86.9 Å². The molecule has 35 heavy (non-hydrogen) atoms. The number of ether oxygens (including phenoxy) is 5. The lowest BCUT2D eigenvalue weighted by atomic mass is 9.88. The van der Waals surface area contributed by atoms with Gasteiger partial charge in [0, 0.05) is 25.2 Å². The molecule has 0 radical (unpaired) electrons. The molecule has 0 heterocycles. The molecular formula is C25H46O9S. The van der Waals surface area contributed by atoms with Gasteiger partial charge in [-0.25, -0.2) is 0 Å². The molecule has 0 aromatic carbocycles. The van der Waals surface area contributed by atoms with E-state index >= 15 is 0 Å². The van der Waals surface area contributed by atoms with Crippen LogP contribution in [0.3, 0.4) is 0 Å². The number of carbonyl (C=O) groups excluding carboxylic acids is 3. The number of rotatable bonds is 23. The highest BCUT2D eigenvalue weighted by Crippen LogP contribution is 2.25. The minimum absolute atomic E-state index is 0.00165. The first-order valence-corrected chi connectivity index (χ1v) is 13.8. The van der Waals surface area contributed by atoms with Crippen molar-refractivity contribution in [3.05, 3.63) is 0 Å². The van der Waals surface area contributed by atoms with Crippen LogP contribution >= 0.6 is 11.8 Å². The van der Waals surface area contributed by atoms with E-state index in [0.29, 0.717) is 57.7 Å². The van der Waals surface area contributed by atoms with E-state index in [1.807, 2.05) is 27.7 Å². The van der Waals surface area contributed by atoms with E-state index in [1.54, 1.807) is 11.8 Å². The highest BCUT2D eigenvalue weighted by Gasteiger charge is 2.34. The fraction of sp³-hybridized carbons (Fsp3) is 0.880. The number of aliphatic hydroxyl groups is 1. The first-order valence-electron chi connectivity index (χ1n) is 12.7. The molecule has 0 fully saturated rings. The van der Waals surface area contributed by atoms with E-state index in [0.717, 1.165) is 12.2 Å². The van der Waals surface area contributed by atoms with Crippen LogP contribution in [-0.2, 0) is 38.1 Å². The second-order valence-corrected chi connectivity index (χ2v) is 9.76. The molecule has 1 atom stereocenters. The molecule has 0 aliphatic heterocycles. The Balaban J connectivity index is 4.33. The zero-order chi connectivity index (χ0) is 26.4. The van der Waals surface area contributed by atoms with E-state index in [2.05, 4.69) is 0 Å². The summed E-state index contributed by atoms with van der Waals surface area (Å²) in [5, 5.41) is 8.72. The minimum Gasteiger partial charge on any atom is -0.465 e. The molecule has 0 aliphatic rings. The topological polar surface area (TPSA) is 118 Å². The Morgan fingerprint density at radius 1 is 0.829 bits per heavy atom. The van der Waals surface area contributed by atoms with Crippen molar-refractivity contribution in [1.29, 1.82) is 0 Å². The fourth-order valence-corrected chi connectivity index (χ4v) is 3.67. The molecule has 0 spiro atoms. The van der Waals surface area contributed by atoms with E-state index < -0.39 is 5.41 Å². The molecule has 10 heteroatoms. The number of hydrogen-bond donors (Lipinski definition) is 1.